The standard InChI is InChI=1S/C11H11Cl2NO4S2/c1-19(15,16)14(8-5-6-20(17,18)7-8)10-4-2-3-9(12)11(10)13/h2-6,8H,7H2,1H3. The number of rotatable bonds is 3. The van der Waals surface area contributed by atoms with Crippen molar-refractivity contribution in [3.8, 4) is 0 Å². The van der Waals surface area contributed by atoms with Gasteiger partial charge >= 0.3 is 0 Å². The molecule has 0 aliphatic carbocycles. The molecule has 110 valence electrons. The van der Waals surface area contributed by atoms with Crippen molar-refractivity contribution in [2.45, 2.75) is 6.04 Å². The van der Waals surface area contributed by atoms with Gasteiger partial charge in [0.15, 0.2) is 9.84 Å². The van der Waals surface area contributed by atoms with E-state index in [0.717, 1.165) is 16.0 Å². The van der Waals surface area contributed by atoms with Crippen molar-refractivity contribution < 1.29 is 16.8 Å². The van der Waals surface area contributed by atoms with Crippen LogP contribution >= 0.6 is 23.2 Å². The normalized spacial score (nSPS) is 21.1. The van der Waals surface area contributed by atoms with Gasteiger partial charge in [0.25, 0.3) is 0 Å². The molecule has 0 spiro atoms. The molecule has 1 aromatic rings. The maximum Gasteiger partial charge on any atom is 0.232 e. The van der Waals surface area contributed by atoms with Crippen molar-refractivity contribution in [2.75, 3.05) is 16.3 Å². The molecule has 0 N–H and O–H groups in total. The molecule has 2 rings (SSSR count). The highest BCUT2D eigenvalue weighted by Crippen LogP contribution is 2.36. The van der Waals surface area contributed by atoms with Crippen molar-refractivity contribution in [2.24, 2.45) is 0 Å². The second-order valence-corrected chi connectivity index (χ2v) is 8.93. The summed E-state index contributed by atoms with van der Waals surface area (Å²) in [6, 6.07) is 3.73. The predicted molar refractivity (Wildman–Crippen MR) is 80.5 cm³/mol. The molecule has 1 aliphatic rings. The SMILES string of the molecule is CS(=O)(=O)N(c1cccc(Cl)c1Cl)C1C=CS(=O)(=O)C1. The van der Waals surface area contributed by atoms with Crippen LogP contribution < -0.4 is 4.31 Å². The first kappa shape index (κ1) is 15.6. The van der Waals surface area contributed by atoms with E-state index in [1.807, 2.05) is 0 Å². The smallest absolute Gasteiger partial charge is 0.232 e. The van der Waals surface area contributed by atoms with E-state index >= 15 is 0 Å². The molecule has 1 heterocycles. The van der Waals surface area contributed by atoms with Gasteiger partial charge in [0.2, 0.25) is 10.0 Å². The molecule has 1 aromatic carbocycles. The maximum atomic E-state index is 12.0. The summed E-state index contributed by atoms with van der Waals surface area (Å²) in [6.45, 7) is 0. The van der Waals surface area contributed by atoms with Crippen LogP contribution in [-0.4, -0.2) is 34.9 Å². The van der Waals surface area contributed by atoms with Crippen LogP contribution in [0.1, 0.15) is 0 Å². The van der Waals surface area contributed by atoms with Crippen LogP contribution in [0.25, 0.3) is 0 Å². The van der Waals surface area contributed by atoms with Gasteiger partial charge in [-0.3, -0.25) is 4.31 Å². The number of benzene rings is 1. The highest BCUT2D eigenvalue weighted by atomic mass is 35.5. The van der Waals surface area contributed by atoms with E-state index in [1.165, 1.54) is 18.2 Å². The summed E-state index contributed by atoms with van der Waals surface area (Å²) in [7, 11) is -7.11. The van der Waals surface area contributed by atoms with E-state index < -0.39 is 25.9 Å². The lowest BCUT2D eigenvalue weighted by Crippen LogP contribution is -2.40. The zero-order valence-corrected chi connectivity index (χ0v) is 13.5. The quantitative estimate of drug-likeness (QED) is 0.831. The Balaban J connectivity index is 2.56. The summed E-state index contributed by atoms with van der Waals surface area (Å²) in [5.74, 6) is -0.317. The molecular formula is C11H11Cl2NO4S2. The first-order valence-electron chi connectivity index (χ1n) is 5.46. The zero-order valence-electron chi connectivity index (χ0n) is 10.3. The van der Waals surface area contributed by atoms with Gasteiger partial charge in [0, 0.05) is 5.41 Å². The Morgan fingerprint density at radius 1 is 1.30 bits per heavy atom. The topological polar surface area (TPSA) is 71.5 Å². The number of hydrogen-bond acceptors (Lipinski definition) is 4. The van der Waals surface area contributed by atoms with Gasteiger partial charge in [-0.15, -0.1) is 0 Å². The van der Waals surface area contributed by atoms with Crippen molar-refractivity contribution >= 4 is 48.7 Å². The minimum Gasteiger partial charge on any atom is -0.261 e. The molecule has 9 heteroatoms. The molecular weight excluding hydrogens is 345 g/mol. The highest BCUT2D eigenvalue weighted by Gasteiger charge is 2.34. The Bertz CT molecular complexity index is 772. The lowest BCUT2D eigenvalue weighted by molar-refractivity contribution is 0.591. The largest absolute Gasteiger partial charge is 0.261 e. The Kier molecular flexibility index (Phi) is 4.07. The van der Waals surface area contributed by atoms with Crippen molar-refractivity contribution in [1.82, 2.24) is 0 Å². The molecule has 0 saturated heterocycles. The minimum absolute atomic E-state index is 0.0669. The monoisotopic (exact) mass is 355 g/mol. The molecule has 5 nitrogen and oxygen atoms in total. The molecule has 1 aliphatic heterocycles. The third kappa shape index (κ3) is 3.11. The van der Waals surface area contributed by atoms with Crippen LogP contribution in [0.5, 0.6) is 0 Å². The van der Waals surface area contributed by atoms with Crippen LogP contribution in [0.3, 0.4) is 0 Å². The number of anilines is 1. The van der Waals surface area contributed by atoms with E-state index in [2.05, 4.69) is 0 Å². The summed E-state index contributed by atoms with van der Waals surface area (Å²) < 4.78 is 47.9. The number of nitrogens with zero attached hydrogens (tertiary/aromatic N) is 1. The third-order valence-corrected chi connectivity index (χ3v) is 6.11. The van der Waals surface area contributed by atoms with E-state index in [9.17, 15) is 16.8 Å². The van der Waals surface area contributed by atoms with E-state index in [0.29, 0.717) is 0 Å². The summed E-state index contributed by atoms with van der Waals surface area (Å²) in [4.78, 5) is 0. The first-order valence-corrected chi connectivity index (χ1v) is 9.78. The second kappa shape index (κ2) is 5.22. The fourth-order valence-corrected chi connectivity index (χ4v) is 4.92. The van der Waals surface area contributed by atoms with Crippen LogP contribution in [0.2, 0.25) is 10.0 Å². The van der Waals surface area contributed by atoms with Gasteiger partial charge in [-0.2, -0.15) is 0 Å². The number of halogens is 2. The number of sulfonamides is 1. The molecule has 0 aromatic heterocycles. The Labute approximate surface area is 127 Å². The predicted octanol–water partition coefficient (Wildman–Crippen LogP) is 2.07. The summed E-state index contributed by atoms with van der Waals surface area (Å²) in [5, 5.41) is 1.27. The van der Waals surface area contributed by atoms with E-state index in [-0.39, 0.29) is 21.5 Å². The molecule has 0 saturated carbocycles. The Morgan fingerprint density at radius 2 is 1.95 bits per heavy atom. The zero-order chi connectivity index (χ0) is 15.1. The van der Waals surface area contributed by atoms with Crippen LogP contribution in [0.4, 0.5) is 5.69 Å². The van der Waals surface area contributed by atoms with Gasteiger partial charge < -0.3 is 0 Å². The average molecular weight is 356 g/mol. The fraction of sp³-hybridized carbons (Fsp3) is 0.273. The van der Waals surface area contributed by atoms with Gasteiger partial charge in [-0.25, -0.2) is 16.8 Å². The number of hydrogen-bond donors (Lipinski definition) is 0. The highest BCUT2D eigenvalue weighted by molar-refractivity contribution is 7.95. The lowest BCUT2D eigenvalue weighted by atomic mass is 10.2. The Hall–Kier alpha value is -0.760. The minimum atomic E-state index is -3.72. The van der Waals surface area contributed by atoms with Crippen molar-refractivity contribution in [3.05, 3.63) is 39.7 Å². The van der Waals surface area contributed by atoms with Gasteiger partial charge in [-0.1, -0.05) is 29.3 Å². The molecule has 20 heavy (non-hydrogen) atoms. The summed E-state index contributed by atoms with van der Waals surface area (Å²) >= 11 is 11.9. The van der Waals surface area contributed by atoms with Crippen molar-refractivity contribution in [1.29, 1.82) is 0 Å². The lowest BCUT2D eigenvalue weighted by Gasteiger charge is -2.28. The molecule has 0 bridgehead atoms. The van der Waals surface area contributed by atoms with E-state index in [4.69, 9.17) is 23.2 Å². The first-order chi connectivity index (χ1) is 9.12. The molecule has 0 amide bonds. The average Bonchev–Trinajstić information content (AvgIpc) is 2.63. The molecule has 1 unspecified atom stereocenters. The van der Waals surface area contributed by atoms with Crippen LogP contribution in [0, 0.1) is 0 Å². The van der Waals surface area contributed by atoms with Crippen molar-refractivity contribution in [3.63, 3.8) is 0 Å². The molecule has 0 fully saturated rings. The summed E-state index contributed by atoms with van der Waals surface area (Å²) in [6.07, 6.45) is 2.32. The van der Waals surface area contributed by atoms with Gasteiger partial charge in [0.05, 0.1) is 33.8 Å². The van der Waals surface area contributed by atoms with E-state index in [1.54, 1.807) is 6.07 Å². The van der Waals surface area contributed by atoms with Crippen LogP contribution in [-0.2, 0) is 19.9 Å². The molecule has 0 radical (unpaired) electrons. The fourth-order valence-electron chi connectivity index (χ4n) is 1.97. The summed E-state index contributed by atoms with van der Waals surface area (Å²) in [5.41, 5.74) is 0.161. The molecule has 1 atom stereocenters. The number of sulfone groups is 1. The van der Waals surface area contributed by atoms with Crippen LogP contribution in [0.15, 0.2) is 29.7 Å². The Morgan fingerprint density at radius 3 is 2.45 bits per heavy atom. The second-order valence-electron chi connectivity index (χ2n) is 4.36. The maximum absolute atomic E-state index is 12.0. The third-order valence-electron chi connectivity index (χ3n) is 2.74. The van der Waals surface area contributed by atoms with Gasteiger partial charge in [-0.05, 0) is 18.2 Å². The van der Waals surface area contributed by atoms with Gasteiger partial charge in [0.1, 0.15) is 0 Å².